The summed E-state index contributed by atoms with van der Waals surface area (Å²) in [5, 5.41) is 11.3. The molecule has 0 saturated carbocycles. The van der Waals surface area contributed by atoms with Gasteiger partial charge < -0.3 is 15.6 Å². The van der Waals surface area contributed by atoms with E-state index in [1.54, 1.807) is 17.7 Å². The molecule has 10 rings (SSSR count). The third-order valence-electron chi connectivity index (χ3n) is 8.68. The van der Waals surface area contributed by atoms with Crippen LogP contribution in [0.2, 0.25) is 0 Å². The van der Waals surface area contributed by atoms with Crippen molar-refractivity contribution in [2.75, 3.05) is 10.6 Å². The fourth-order valence-electron chi connectivity index (χ4n) is 6.76. The lowest BCUT2D eigenvalue weighted by Gasteiger charge is -2.32. The summed E-state index contributed by atoms with van der Waals surface area (Å²) in [6, 6.07) is 16.4. The summed E-state index contributed by atoms with van der Waals surface area (Å²) in [4.78, 5) is 32.3. The van der Waals surface area contributed by atoms with Gasteiger partial charge in [-0.1, -0.05) is 24.3 Å². The lowest BCUT2D eigenvalue weighted by molar-refractivity contribution is 0.933. The summed E-state index contributed by atoms with van der Waals surface area (Å²) in [6.45, 7) is 0. The number of imidazole rings is 1. The third-order valence-corrected chi connectivity index (χ3v) is 9.36. The molecule has 0 bridgehead atoms. The molecule has 214 valence electrons. The van der Waals surface area contributed by atoms with E-state index in [0.717, 1.165) is 73.3 Å². The zero-order valence-electron chi connectivity index (χ0n) is 23.5. The molecule has 1 aliphatic carbocycles. The fourth-order valence-corrected chi connectivity index (χ4v) is 7.35. The first-order chi connectivity index (χ1) is 22.3. The van der Waals surface area contributed by atoms with Crippen LogP contribution in [-0.4, -0.2) is 44.6 Å². The standard InChI is InChI=1S/C34H22N10S/c1-3-23-28(24(4-1)41-19-10-12-45-15-19)22(14-36-23)30-20-7-8-21-27(20)29-32(42-30)37-16-38-33(29)43-34(21)44-17-39-25-5-2-6-26(31(25)44)40-18-9-11-35-13-18/h1-17,22,29,35,40-41H. The van der Waals surface area contributed by atoms with E-state index in [4.69, 9.17) is 20.0 Å². The van der Waals surface area contributed by atoms with Crippen molar-refractivity contribution in [3.05, 3.63) is 118 Å². The van der Waals surface area contributed by atoms with Crippen molar-refractivity contribution in [1.29, 1.82) is 0 Å². The Bertz CT molecular complexity index is 2320. The van der Waals surface area contributed by atoms with Gasteiger partial charge >= 0.3 is 0 Å². The van der Waals surface area contributed by atoms with Gasteiger partial charge in [0.2, 0.25) is 0 Å². The van der Waals surface area contributed by atoms with Gasteiger partial charge in [-0.25, -0.2) is 25.0 Å². The summed E-state index contributed by atoms with van der Waals surface area (Å²) in [6.07, 6.45) is 13.5. The van der Waals surface area contributed by atoms with E-state index >= 15 is 0 Å². The number of dihydropyridines is 1. The predicted molar refractivity (Wildman–Crippen MR) is 182 cm³/mol. The molecular formula is C34H22N10S. The Morgan fingerprint density at radius 1 is 0.867 bits per heavy atom. The summed E-state index contributed by atoms with van der Waals surface area (Å²) in [5.41, 5.74) is 12.0. The van der Waals surface area contributed by atoms with E-state index < -0.39 is 0 Å². The van der Waals surface area contributed by atoms with E-state index in [0.29, 0.717) is 11.7 Å². The number of benzene rings is 2. The van der Waals surface area contributed by atoms with Gasteiger partial charge in [-0.15, -0.1) is 0 Å². The van der Waals surface area contributed by atoms with Crippen molar-refractivity contribution in [2.45, 2.75) is 5.92 Å². The zero-order chi connectivity index (χ0) is 29.5. The maximum Gasteiger partial charge on any atom is 0.148 e. The van der Waals surface area contributed by atoms with Crippen LogP contribution in [-0.2, 0) is 0 Å². The largest absolute Gasteiger partial charge is 0.366 e. The summed E-state index contributed by atoms with van der Waals surface area (Å²) in [7, 11) is 0. The highest BCUT2D eigenvalue weighted by atomic mass is 32.1. The molecule has 5 aliphatic rings. The highest BCUT2D eigenvalue weighted by molar-refractivity contribution is 7.08. The maximum absolute atomic E-state index is 5.19. The number of para-hydroxylation sites is 1. The second-order valence-corrected chi connectivity index (χ2v) is 12.0. The molecule has 0 fully saturated rings. The number of nitrogens with one attached hydrogen (secondary N) is 3. The number of rotatable bonds is 5. The second kappa shape index (κ2) is 9.28. The van der Waals surface area contributed by atoms with Crippen molar-refractivity contribution in [3.8, 4) is 0 Å². The molecule has 4 aliphatic heterocycles. The third kappa shape index (κ3) is 3.61. The highest BCUT2D eigenvalue weighted by Crippen LogP contribution is 2.50. The molecule has 2 unspecified atom stereocenters. The number of aliphatic imine (C=N–C) groups is 5. The van der Waals surface area contributed by atoms with Crippen LogP contribution in [0.3, 0.4) is 0 Å². The number of amidine groups is 2. The number of allylic oxidation sites excluding steroid dienone is 5. The first-order valence-electron chi connectivity index (χ1n) is 14.6. The number of hydrogen-bond donors (Lipinski definition) is 3. The highest BCUT2D eigenvalue weighted by Gasteiger charge is 2.44. The normalized spacial score (nSPS) is 20.4. The molecule has 0 spiro atoms. The Labute approximate surface area is 260 Å². The monoisotopic (exact) mass is 602 g/mol. The number of anilines is 4. The Hall–Kier alpha value is -5.94. The number of nitrogens with zero attached hydrogens (tertiary/aromatic N) is 7. The quantitative estimate of drug-likeness (QED) is 0.196. The van der Waals surface area contributed by atoms with Crippen molar-refractivity contribution in [1.82, 2.24) is 14.5 Å². The Balaban J connectivity index is 1.14. The number of aromatic amines is 1. The molecule has 11 heteroatoms. The predicted octanol–water partition coefficient (Wildman–Crippen LogP) is 7.26. The van der Waals surface area contributed by atoms with Gasteiger partial charge in [-0.3, -0.25) is 9.56 Å². The average Bonchev–Trinajstić information content (AvgIpc) is 3.91. The lowest BCUT2D eigenvalue weighted by Crippen LogP contribution is -2.36. The number of fused-ring (bicyclic) bond motifs is 2. The van der Waals surface area contributed by atoms with Crippen molar-refractivity contribution in [2.24, 2.45) is 30.9 Å². The maximum atomic E-state index is 5.19. The smallest absolute Gasteiger partial charge is 0.148 e. The van der Waals surface area contributed by atoms with Crippen LogP contribution in [0.1, 0.15) is 11.5 Å². The van der Waals surface area contributed by atoms with Crippen LogP contribution < -0.4 is 10.6 Å². The Kier molecular flexibility index (Phi) is 5.05. The minimum atomic E-state index is -0.230. The van der Waals surface area contributed by atoms with Crippen LogP contribution in [0.4, 0.5) is 28.4 Å². The molecule has 0 radical (unpaired) electrons. The SMILES string of the molecule is C1=CC2=C(C3C=Nc4cccc(Nc5ccsc5)c43)N=C3N=CN=C4N=C(n5cnc6cccc(Nc7cc[nH]c7)c65)C1=C2C43. The molecule has 7 heterocycles. The first kappa shape index (κ1) is 24.5. The van der Waals surface area contributed by atoms with Crippen molar-refractivity contribution >= 4 is 80.9 Å². The van der Waals surface area contributed by atoms with Crippen LogP contribution in [0.15, 0.2) is 138 Å². The molecule has 0 saturated heterocycles. The van der Waals surface area contributed by atoms with Crippen LogP contribution in [0.25, 0.3) is 11.0 Å². The van der Waals surface area contributed by atoms with Crippen molar-refractivity contribution in [3.63, 3.8) is 0 Å². The fraction of sp³-hybridized carbons (Fsp3) is 0.0588. The molecule has 0 amide bonds. The Morgan fingerprint density at radius 3 is 2.69 bits per heavy atom. The molecule has 45 heavy (non-hydrogen) atoms. The number of hydrogen-bond acceptors (Lipinski definition) is 9. The summed E-state index contributed by atoms with van der Waals surface area (Å²) < 4.78 is 2.06. The van der Waals surface area contributed by atoms with Gasteiger partial charge in [-0.05, 0) is 47.4 Å². The minimum absolute atomic E-state index is 0.145. The molecule has 2 aromatic carbocycles. The number of thiophene rings is 1. The van der Waals surface area contributed by atoms with Crippen LogP contribution >= 0.6 is 11.3 Å². The topological polar surface area (TPSA) is 119 Å². The first-order valence-corrected chi connectivity index (χ1v) is 15.5. The van der Waals surface area contributed by atoms with Gasteiger partial charge in [0.15, 0.2) is 0 Å². The van der Waals surface area contributed by atoms with E-state index in [-0.39, 0.29) is 11.8 Å². The summed E-state index contributed by atoms with van der Waals surface area (Å²) >= 11 is 1.66. The number of aromatic nitrogens is 3. The molecular weight excluding hydrogens is 581 g/mol. The van der Waals surface area contributed by atoms with Gasteiger partial charge in [0.25, 0.3) is 0 Å². The second-order valence-electron chi connectivity index (χ2n) is 11.2. The van der Waals surface area contributed by atoms with Gasteiger partial charge in [0.1, 0.15) is 36.1 Å². The van der Waals surface area contributed by atoms with E-state index in [2.05, 4.69) is 77.3 Å². The molecule has 2 atom stereocenters. The van der Waals surface area contributed by atoms with Gasteiger partial charge in [0, 0.05) is 52.1 Å². The molecule has 3 aromatic heterocycles. The minimum Gasteiger partial charge on any atom is -0.366 e. The molecule has 10 nitrogen and oxygen atoms in total. The van der Waals surface area contributed by atoms with Gasteiger partial charge in [-0.2, -0.15) is 11.3 Å². The van der Waals surface area contributed by atoms with Gasteiger partial charge in [0.05, 0.1) is 39.7 Å². The number of H-pyrrole nitrogens is 1. The summed E-state index contributed by atoms with van der Waals surface area (Å²) in [5.74, 6) is 1.78. The Morgan fingerprint density at radius 2 is 1.78 bits per heavy atom. The lowest BCUT2D eigenvalue weighted by atomic mass is 9.81. The average molecular weight is 603 g/mol. The zero-order valence-corrected chi connectivity index (χ0v) is 24.3. The van der Waals surface area contributed by atoms with Crippen LogP contribution in [0, 0.1) is 5.92 Å². The molecule has 3 N–H and O–H groups in total. The van der Waals surface area contributed by atoms with Crippen LogP contribution in [0.5, 0.6) is 0 Å². The van der Waals surface area contributed by atoms with E-state index in [1.165, 1.54) is 0 Å². The molecule has 5 aromatic rings. The van der Waals surface area contributed by atoms with E-state index in [9.17, 15) is 0 Å². The van der Waals surface area contributed by atoms with E-state index in [1.807, 2.05) is 49.2 Å². The van der Waals surface area contributed by atoms with Crippen molar-refractivity contribution < 1.29 is 0 Å².